The molecule has 0 unspecified atom stereocenters. The van der Waals surface area contributed by atoms with Crippen molar-refractivity contribution in [2.75, 3.05) is 19.8 Å². The molecule has 0 aromatic rings. The molecule has 0 spiro atoms. The maximum absolute atomic E-state index is 11.9. The summed E-state index contributed by atoms with van der Waals surface area (Å²) in [4.78, 5) is 2.14. The van der Waals surface area contributed by atoms with Gasteiger partial charge in [-0.2, -0.15) is 0 Å². The number of hydrogen-bond donors (Lipinski definition) is 2. The summed E-state index contributed by atoms with van der Waals surface area (Å²) >= 11 is 0. The molecule has 13 heavy (non-hydrogen) atoms. The number of hydrogen-bond acceptors (Lipinski definition) is 2. The second kappa shape index (κ2) is 6.83. The van der Waals surface area contributed by atoms with E-state index in [4.69, 9.17) is 11.1 Å². The molecule has 0 saturated heterocycles. The predicted molar refractivity (Wildman–Crippen MR) is 53.8 cm³/mol. The van der Waals surface area contributed by atoms with Gasteiger partial charge in [0.15, 0.2) is 0 Å². The molecule has 0 radical (unpaired) electrons. The summed E-state index contributed by atoms with van der Waals surface area (Å²) in [6.45, 7) is 5.37. The zero-order valence-corrected chi connectivity index (χ0v) is 8.52. The number of alkyl halides is 1. The van der Waals surface area contributed by atoms with Gasteiger partial charge in [0.05, 0.1) is 12.5 Å². The summed E-state index contributed by atoms with van der Waals surface area (Å²) in [5.74, 6) is 0.200. The fourth-order valence-corrected chi connectivity index (χ4v) is 1.16. The molecule has 0 atom stereocenters. The van der Waals surface area contributed by atoms with Crippen LogP contribution in [0.2, 0.25) is 0 Å². The van der Waals surface area contributed by atoms with Crippen molar-refractivity contribution in [2.24, 2.45) is 5.73 Å². The Morgan fingerprint density at radius 3 is 2.46 bits per heavy atom. The van der Waals surface area contributed by atoms with Gasteiger partial charge in [0.1, 0.15) is 0 Å². The molecule has 0 heterocycles. The lowest BCUT2D eigenvalue weighted by Crippen LogP contribution is -2.34. The molecule has 78 valence electrons. The van der Waals surface area contributed by atoms with Crippen LogP contribution in [0.25, 0.3) is 0 Å². The van der Waals surface area contributed by atoms with E-state index < -0.39 is 0 Å². The Hall–Kier alpha value is -0.640. The average molecular weight is 189 g/mol. The first-order valence-corrected chi connectivity index (χ1v) is 4.70. The number of nitrogens with zero attached hydrogens (tertiary/aromatic N) is 1. The van der Waals surface area contributed by atoms with Gasteiger partial charge < -0.3 is 10.6 Å². The smallest absolute Gasteiger partial charge is 0.0918 e. The van der Waals surface area contributed by atoms with Crippen LogP contribution >= 0.6 is 0 Å². The molecule has 0 rings (SSSR count). The Morgan fingerprint density at radius 1 is 1.46 bits per heavy atom. The van der Waals surface area contributed by atoms with Crippen molar-refractivity contribution in [1.29, 1.82) is 5.41 Å². The summed E-state index contributed by atoms with van der Waals surface area (Å²) < 4.78 is 11.9. The maximum Gasteiger partial charge on any atom is 0.0918 e. The minimum Gasteiger partial charge on any atom is -0.388 e. The van der Waals surface area contributed by atoms with Gasteiger partial charge in [0.2, 0.25) is 0 Å². The minimum absolute atomic E-state index is 0.200. The van der Waals surface area contributed by atoms with Crippen LogP contribution < -0.4 is 5.73 Å². The van der Waals surface area contributed by atoms with Gasteiger partial charge in [0, 0.05) is 25.6 Å². The van der Waals surface area contributed by atoms with Crippen molar-refractivity contribution in [3.05, 3.63) is 0 Å². The quantitative estimate of drug-likeness (QED) is 0.469. The third-order valence-corrected chi connectivity index (χ3v) is 1.98. The largest absolute Gasteiger partial charge is 0.388 e. The lowest BCUT2D eigenvalue weighted by Gasteiger charge is -2.25. The Morgan fingerprint density at radius 2 is 2.08 bits per heavy atom. The van der Waals surface area contributed by atoms with Crippen LogP contribution in [0.4, 0.5) is 4.39 Å². The topological polar surface area (TPSA) is 53.1 Å². The summed E-state index contributed by atoms with van der Waals surface area (Å²) in [6, 6.07) is 0.394. The molecular weight excluding hydrogens is 169 g/mol. The highest BCUT2D eigenvalue weighted by Gasteiger charge is 2.08. The summed E-state index contributed by atoms with van der Waals surface area (Å²) in [5, 5.41) is 7.08. The molecule has 0 aliphatic carbocycles. The van der Waals surface area contributed by atoms with Crippen LogP contribution in [0.15, 0.2) is 0 Å². The highest BCUT2D eigenvalue weighted by molar-refractivity contribution is 5.76. The van der Waals surface area contributed by atoms with E-state index in [0.717, 1.165) is 13.1 Å². The third-order valence-electron chi connectivity index (χ3n) is 1.98. The van der Waals surface area contributed by atoms with E-state index in [1.165, 1.54) is 0 Å². The number of nitrogens with two attached hydrogens (primary N) is 1. The average Bonchev–Trinajstić information content (AvgIpc) is 2.03. The van der Waals surface area contributed by atoms with Crippen molar-refractivity contribution in [3.8, 4) is 0 Å². The SMILES string of the molecule is CC(C)N(CCCF)CCC(=N)N. The van der Waals surface area contributed by atoms with Crippen LogP contribution in [0.3, 0.4) is 0 Å². The molecule has 0 aromatic carbocycles. The standard InChI is InChI=1S/C9H20FN3/c1-8(2)13(6-3-5-10)7-4-9(11)12/h8H,3-7H2,1-2H3,(H3,11,12). The van der Waals surface area contributed by atoms with E-state index >= 15 is 0 Å². The molecule has 4 heteroatoms. The van der Waals surface area contributed by atoms with E-state index in [1.807, 2.05) is 0 Å². The van der Waals surface area contributed by atoms with Crippen molar-refractivity contribution in [3.63, 3.8) is 0 Å². The van der Waals surface area contributed by atoms with Crippen LogP contribution in [0, 0.1) is 5.41 Å². The summed E-state index contributed by atoms with van der Waals surface area (Å²) in [5.41, 5.74) is 5.25. The Labute approximate surface area is 79.6 Å². The molecule has 0 amide bonds. The van der Waals surface area contributed by atoms with Gasteiger partial charge in [-0.05, 0) is 20.3 Å². The Bertz CT molecular complexity index is 148. The Kier molecular flexibility index (Phi) is 6.49. The monoisotopic (exact) mass is 189 g/mol. The molecule has 0 bridgehead atoms. The zero-order chi connectivity index (χ0) is 10.3. The lowest BCUT2D eigenvalue weighted by molar-refractivity contribution is 0.217. The minimum atomic E-state index is -0.275. The number of rotatable bonds is 7. The maximum atomic E-state index is 11.9. The first-order chi connectivity index (χ1) is 6.07. The van der Waals surface area contributed by atoms with Crippen LogP contribution in [-0.4, -0.2) is 36.5 Å². The Balaban J connectivity index is 3.73. The summed E-state index contributed by atoms with van der Waals surface area (Å²) in [6.07, 6.45) is 1.14. The lowest BCUT2D eigenvalue weighted by atomic mass is 10.2. The molecule has 3 N–H and O–H groups in total. The second-order valence-corrected chi connectivity index (χ2v) is 3.45. The van der Waals surface area contributed by atoms with Gasteiger partial charge in [0.25, 0.3) is 0 Å². The predicted octanol–water partition coefficient (Wildman–Crippen LogP) is 1.38. The van der Waals surface area contributed by atoms with E-state index in [-0.39, 0.29) is 12.5 Å². The molecule has 0 fully saturated rings. The summed E-state index contributed by atoms with van der Waals surface area (Å²) in [7, 11) is 0. The van der Waals surface area contributed by atoms with E-state index in [9.17, 15) is 4.39 Å². The third kappa shape index (κ3) is 6.51. The van der Waals surface area contributed by atoms with E-state index in [2.05, 4.69) is 18.7 Å². The highest BCUT2D eigenvalue weighted by Crippen LogP contribution is 2.01. The molecule has 0 saturated carbocycles. The molecule has 0 aromatic heterocycles. The van der Waals surface area contributed by atoms with Gasteiger partial charge >= 0.3 is 0 Å². The highest BCUT2D eigenvalue weighted by atomic mass is 19.1. The van der Waals surface area contributed by atoms with Gasteiger partial charge in [-0.25, -0.2) is 0 Å². The fraction of sp³-hybridized carbons (Fsp3) is 0.889. The molecule has 3 nitrogen and oxygen atoms in total. The first-order valence-electron chi connectivity index (χ1n) is 4.70. The fourth-order valence-electron chi connectivity index (χ4n) is 1.16. The van der Waals surface area contributed by atoms with Crippen molar-refractivity contribution < 1.29 is 4.39 Å². The molecule has 0 aliphatic heterocycles. The van der Waals surface area contributed by atoms with E-state index in [1.54, 1.807) is 0 Å². The van der Waals surface area contributed by atoms with E-state index in [0.29, 0.717) is 18.9 Å². The van der Waals surface area contributed by atoms with Gasteiger partial charge in [-0.15, -0.1) is 0 Å². The van der Waals surface area contributed by atoms with Crippen LogP contribution in [-0.2, 0) is 0 Å². The second-order valence-electron chi connectivity index (χ2n) is 3.45. The molecular formula is C9H20FN3. The first kappa shape index (κ1) is 12.4. The van der Waals surface area contributed by atoms with Crippen molar-refractivity contribution in [2.45, 2.75) is 32.7 Å². The van der Waals surface area contributed by atoms with Crippen molar-refractivity contribution >= 4 is 5.84 Å². The van der Waals surface area contributed by atoms with Gasteiger partial charge in [-0.1, -0.05) is 0 Å². The van der Waals surface area contributed by atoms with Crippen LogP contribution in [0.1, 0.15) is 26.7 Å². The van der Waals surface area contributed by atoms with Crippen LogP contribution in [0.5, 0.6) is 0 Å². The molecule has 0 aliphatic rings. The zero-order valence-electron chi connectivity index (χ0n) is 8.52. The van der Waals surface area contributed by atoms with Gasteiger partial charge in [-0.3, -0.25) is 9.80 Å². The number of amidine groups is 1. The number of halogens is 1. The normalized spacial score (nSPS) is 11.2. The van der Waals surface area contributed by atoms with Crippen molar-refractivity contribution in [1.82, 2.24) is 4.90 Å². The number of nitrogens with one attached hydrogen (secondary N) is 1.